The maximum atomic E-state index is 14.6. The molecule has 2 saturated heterocycles. The summed E-state index contributed by atoms with van der Waals surface area (Å²) in [6, 6.07) is 2.94. The first kappa shape index (κ1) is 15.7. The smallest absolute Gasteiger partial charge is 0.317 e. The van der Waals surface area contributed by atoms with E-state index in [4.69, 9.17) is 0 Å². The van der Waals surface area contributed by atoms with Gasteiger partial charge in [-0.3, -0.25) is 9.59 Å². The zero-order valence-corrected chi connectivity index (χ0v) is 14.0. The SMILES string of the molecule is C[C@@H]1S[C@@H]2[C@H](C(=O)O)C(=O)c3cc(F)c(N4CCNCC4)cc3N12. The predicted octanol–water partition coefficient (Wildman–Crippen LogP) is 1.36. The average Bonchev–Trinajstić information content (AvgIpc) is 2.55. The summed E-state index contributed by atoms with van der Waals surface area (Å²) in [5.41, 5.74) is 1.32. The molecule has 3 aliphatic rings. The number of anilines is 2. The summed E-state index contributed by atoms with van der Waals surface area (Å²) in [6.45, 7) is 4.95. The summed E-state index contributed by atoms with van der Waals surface area (Å²) in [7, 11) is 0. The van der Waals surface area contributed by atoms with Crippen LogP contribution < -0.4 is 15.1 Å². The highest BCUT2D eigenvalue weighted by Gasteiger charge is 2.53. The second-order valence-corrected chi connectivity index (χ2v) is 7.71. The second-order valence-electron chi connectivity index (χ2n) is 6.27. The number of aliphatic carboxylic acids is 1. The van der Waals surface area contributed by atoms with Crippen molar-refractivity contribution in [1.29, 1.82) is 0 Å². The van der Waals surface area contributed by atoms with Gasteiger partial charge < -0.3 is 20.2 Å². The molecule has 128 valence electrons. The third-order valence-corrected chi connectivity index (χ3v) is 6.30. The van der Waals surface area contributed by atoms with Crippen LogP contribution >= 0.6 is 11.8 Å². The number of carboxylic acid groups (broad SMARTS) is 1. The van der Waals surface area contributed by atoms with Gasteiger partial charge in [0, 0.05) is 31.7 Å². The third kappa shape index (κ3) is 2.20. The van der Waals surface area contributed by atoms with E-state index in [2.05, 4.69) is 5.32 Å². The van der Waals surface area contributed by atoms with Crippen LogP contribution in [0.15, 0.2) is 12.1 Å². The number of rotatable bonds is 2. The maximum absolute atomic E-state index is 14.6. The monoisotopic (exact) mass is 351 g/mol. The van der Waals surface area contributed by atoms with E-state index in [1.54, 1.807) is 6.07 Å². The van der Waals surface area contributed by atoms with E-state index in [0.717, 1.165) is 13.1 Å². The van der Waals surface area contributed by atoms with Crippen LogP contribution in [0.3, 0.4) is 0 Å². The summed E-state index contributed by atoms with van der Waals surface area (Å²) in [6.07, 6.45) is 0. The molecular weight excluding hydrogens is 333 g/mol. The van der Waals surface area contributed by atoms with Gasteiger partial charge in [0.2, 0.25) is 0 Å². The van der Waals surface area contributed by atoms with Gasteiger partial charge in [0.1, 0.15) is 11.7 Å². The van der Waals surface area contributed by atoms with Crippen molar-refractivity contribution in [1.82, 2.24) is 5.32 Å². The molecule has 6 nitrogen and oxygen atoms in total. The summed E-state index contributed by atoms with van der Waals surface area (Å²) >= 11 is 1.47. The van der Waals surface area contributed by atoms with Crippen molar-refractivity contribution in [2.24, 2.45) is 5.92 Å². The number of benzene rings is 1. The molecule has 8 heteroatoms. The minimum Gasteiger partial charge on any atom is -0.481 e. The summed E-state index contributed by atoms with van der Waals surface area (Å²) in [5.74, 6) is -3.24. The Morgan fingerprint density at radius 2 is 2.04 bits per heavy atom. The quantitative estimate of drug-likeness (QED) is 0.780. The van der Waals surface area contributed by atoms with Crippen molar-refractivity contribution in [2.75, 3.05) is 36.0 Å². The van der Waals surface area contributed by atoms with Gasteiger partial charge in [-0.05, 0) is 19.1 Å². The van der Waals surface area contributed by atoms with E-state index < -0.39 is 28.9 Å². The number of nitrogens with zero attached hydrogens (tertiary/aromatic N) is 2. The zero-order chi connectivity index (χ0) is 17.0. The van der Waals surface area contributed by atoms with E-state index in [0.29, 0.717) is 24.5 Å². The number of ketones is 1. The Morgan fingerprint density at radius 3 is 2.67 bits per heavy atom. The van der Waals surface area contributed by atoms with Crippen LogP contribution in [-0.4, -0.2) is 53.8 Å². The van der Waals surface area contributed by atoms with Crippen LogP contribution in [0.1, 0.15) is 17.3 Å². The van der Waals surface area contributed by atoms with Crippen LogP contribution in [0.5, 0.6) is 0 Å². The van der Waals surface area contributed by atoms with Gasteiger partial charge >= 0.3 is 5.97 Å². The van der Waals surface area contributed by atoms with Crippen LogP contribution in [0, 0.1) is 11.7 Å². The van der Waals surface area contributed by atoms with Crippen LogP contribution in [0.4, 0.5) is 15.8 Å². The number of Topliss-reactive ketones (excluding diaryl/α,β-unsaturated/α-hetero) is 1. The molecule has 0 bridgehead atoms. The first-order chi connectivity index (χ1) is 11.5. The van der Waals surface area contributed by atoms with Gasteiger partial charge in [0.25, 0.3) is 0 Å². The second kappa shape index (κ2) is 5.63. The molecule has 0 amide bonds. The largest absolute Gasteiger partial charge is 0.481 e. The molecule has 3 aliphatic heterocycles. The highest BCUT2D eigenvalue weighted by molar-refractivity contribution is 8.02. The molecule has 0 aliphatic carbocycles. The molecular formula is C16H18FN3O3S. The molecule has 1 aromatic rings. The fraction of sp³-hybridized carbons (Fsp3) is 0.500. The zero-order valence-electron chi connectivity index (χ0n) is 13.2. The van der Waals surface area contributed by atoms with Gasteiger partial charge in [-0.2, -0.15) is 0 Å². The molecule has 24 heavy (non-hydrogen) atoms. The van der Waals surface area contributed by atoms with E-state index in [1.165, 1.54) is 17.8 Å². The van der Waals surface area contributed by atoms with Crippen molar-refractivity contribution in [3.8, 4) is 0 Å². The highest BCUT2D eigenvalue weighted by atomic mass is 32.2. The number of hydrogen-bond donors (Lipinski definition) is 2. The topological polar surface area (TPSA) is 72.9 Å². The van der Waals surface area contributed by atoms with Crippen molar-refractivity contribution < 1.29 is 19.1 Å². The normalized spacial score (nSPS) is 28.9. The van der Waals surface area contributed by atoms with Gasteiger partial charge in [-0.1, -0.05) is 0 Å². The molecule has 4 rings (SSSR count). The van der Waals surface area contributed by atoms with Crippen molar-refractivity contribution in [3.63, 3.8) is 0 Å². The van der Waals surface area contributed by atoms with Crippen LogP contribution in [0.25, 0.3) is 0 Å². The lowest BCUT2D eigenvalue weighted by atomic mass is 9.89. The first-order valence-electron chi connectivity index (χ1n) is 7.99. The number of nitrogens with one attached hydrogen (secondary N) is 1. The lowest BCUT2D eigenvalue weighted by Crippen LogP contribution is -2.60. The fourth-order valence-electron chi connectivity index (χ4n) is 3.69. The Bertz CT molecular complexity index is 723. The van der Waals surface area contributed by atoms with Crippen molar-refractivity contribution in [2.45, 2.75) is 17.7 Å². The molecule has 3 heterocycles. The minimum absolute atomic E-state index is 0.0741. The number of carbonyl (C=O) groups excluding carboxylic acids is 1. The molecule has 1 aromatic carbocycles. The van der Waals surface area contributed by atoms with Crippen molar-refractivity contribution in [3.05, 3.63) is 23.5 Å². The number of piperazine rings is 1. The summed E-state index contributed by atoms with van der Waals surface area (Å²) in [5, 5.41) is 12.3. The van der Waals surface area contributed by atoms with E-state index in [-0.39, 0.29) is 10.9 Å². The Kier molecular flexibility index (Phi) is 3.69. The molecule has 0 radical (unpaired) electrons. The van der Waals surface area contributed by atoms with Crippen LogP contribution in [-0.2, 0) is 4.79 Å². The van der Waals surface area contributed by atoms with Crippen LogP contribution in [0.2, 0.25) is 0 Å². The average molecular weight is 351 g/mol. The third-order valence-electron chi connectivity index (χ3n) is 4.90. The predicted molar refractivity (Wildman–Crippen MR) is 90.3 cm³/mol. The molecule has 0 aromatic heterocycles. The van der Waals surface area contributed by atoms with Gasteiger partial charge in [0.05, 0.1) is 22.1 Å². The molecule has 3 atom stereocenters. The Morgan fingerprint density at radius 1 is 1.33 bits per heavy atom. The number of halogens is 1. The number of thioether (sulfide) groups is 1. The highest BCUT2D eigenvalue weighted by Crippen LogP contribution is 2.51. The standard InChI is InChI=1S/C16H18FN3O3S/c1-8-20-11-7-12(19-4-2-18-3-5-19)10(17)6-9(11)14(21)13(16(22)23)15(20)24-8/h6-8,13,15,18H,2-5H2,1H3,(H,22,23)/t8-,13+,15+/m0/s1. The lowest BCUT2D eigenvalue weighted by molar-refractivity contribution is -0.140. The van der Waals surface area contributed by atoms with E-state index >= 15 is 0 Å². The Balaban J connectivity index is 1.79. The Labute approximate surface area is 143 Å². The number of carboxylic acids is 1. The van der Waals surface area contributed by atoms with E-state index in [9.17, 15) is 19.1 Å². The maximum Gasteiger partial charge on any atom is 0.317 e. The summed E-state index contributed by atoms with van der Waals surface area (Å²) < 4.78 is 14.6. The van der Waals surface area contributed by atoms with Crippen molar-refractivity contribution >= 4 is 34.9 Å². The molecule has 0 spiro atoms. The van der Waals surface area contributed by atoms with E-state index in [1.807, 2.05) is 16.7 Å². The number of hydrogen-bond acceptors (Lipinski definition) is 6. The number of carbonyl (C=O) groups is 2. The molecule has 2 fully saturated rings. The summed E-state index contributed by atoms with van der Waals surface area (Å²) in [4.78, 5) is 28.0. The minimum atomic E-state index is -1.15. The lowest BCUT2D eigenvalue weighted by Gasteiger charge is -2.53. The molecule has 2 N–H and O–H groups in total. The Hall–Kier alpha value is -1.80. The van der Waals surface area contributed by atoms with Gasteiger partial charge in [-0.25, -0.2) is 4.39 Å². The van der Waals surface area contributed by atoms with Gasteiger partial charge in [0.15, 0.2) is 5.78 Å². The number of fused-ring (bicyclic) bond motifs is 3. The molecule has 0 unspecified atom stereocenters. The fourth-order valence-corrected chi connectivity index (χ4v) is 5.10. The van der Waals surface area contributed by atoms with Gasteiger partial charge in [-0.15, -0.1) is 11.8 Å². The first-order valence-corrected chi connectivity index (χ1v) is 8.93. The molecule has 0 saturated carbocycles.